The number of anilines is 1. The van der Waals surface area contributed by atoms with Gasteiger partial charge in [-0.25, -0.2) is 0 Å². The second kappa shape index (κ2) is 1.96. The number of fused-ring (bicyclic) bond motifs is 1. The SMILES string of the molecule is c1ccc2c(c#1)NNC=C2. The van der Waals surface area contributed by atoms with Gasteiger partial charge in [0.15, 0.2) is 0 Å². The minimum absolute atomic E-state index is 0.949. The van der Waals surface area contributed by atoms with Crippen LogP contribution in [0.5, 0.6) is 0 Å². The van der Waals surface area contributed by atoms with Gasteiger partial charge in [-0.05, 0) is 24.3 Å². The molecule has 1 heterocycles. The molecule has 1 aromatic rings. The van der Waals surface area contributed by atoms with Crippen LogP contribution in [0.15, 0.2) is 18.3 Å². The van der Waals surface area contributed by atoms with Crippen LogP contribution in [0.3, 0.4) is 0 Å². The lowest BCUT2D eigenvalue weighted by Gasteiger charge is -2.10. The molecule has 0 saturated carbocycles. The Balaban J connectivity index is 2.54. The van der Waals surface area contributed by atoms with Gasteiger partial charge in [0, 0.05) is 11.8 Å². The lowest BCUT2D eigenvalue weighted by Crippen LogP contribution is -2.17. The minimum atomic E-state index is 0.949. The molecule has 2 heteroatoms. The molecule has 0 radical (unpaired) electrons. The fourth-order valence-corrected chi connectivity index (χ4v) is 0.888. The average Bonchev–Trinajstić information content (AvgIpc) is 2.05. The molecular formula is C8H6N2. The Morgan fingerprint density at radius 3 is 3.30 bits per heavy atom. The van der Waals surface area contributed by atoms with Crippen LogP contribution >= 0.6 is 0 Å². The predicted molar refractivity (Wildman–Crippen MR) is 39.9 cm³/mol. The molecule has 2 rings (SSSR count). The van der Waals surface area contributed by atoms with E-state index in [1.165, 1.54) is 0 Å². The van der Waals surface area contributed by atoms with Crippen LogP contribution in [0.25, 0.3) is 6.08 Å². The maximum atomic E-state index is 2.94. The van der Waals surface area contributed by atoms with Gasteiger partial charge in [-0.3, -0.25) is 5.43 Å². The Bertz CT molecular complexity index is 266. The Morgan fingerprint density at radius 2 is 2.40 bits per heavy atom. The van der Waals surface area contributed by atoms with Gasteiger partial charge in [0.05, 0.1) is 0 Å². The monoisotopic (exact) mass is 130 g/mol. The zero-order valence-electron chi connectivity index (χ0n) is 5.31. The topological polar surface area (TPSA) is 24.1 Å². The van der Waals surface area contributed by atoms with E-state index >= 15 is 0 Å². The van der Waals surface area contributed by atoms with Crippen molar-refractivity contribution in [3.63, 3.8) is 0 Å². The Hall–Kier alpha value is -1.62. The minimum Gasteiger partial charge on any atom is -0.308 e. The van der Waals surface area contributed by atoms with Gasteiger partial charge in [0.1, 0.15) is 5.69 Å². The van der Waals surface area contributed by atoms with Crippen LogP contribution < -0.4 is 10.9 Å². The molecule has 0 aliphatic carbocycles. The summed E-state index contributed by atoms with van der Waals surface area (Å²) in [7, 11) is 0. The summed E-state index contributed by atoms with van der Waals surface area (Å²) in [4.78, 5) is 0. The molecule has 0 fully saturated rings. The third-order valence-electron chi connectivity index (χ3n) is 1.38. The van der Waals surface area contributed by atoms with Gasteiger partial charge in [0.2, 0.25) is 0 Å². The van der Waals surface area contributed by atoms with Crippen LogP contribution in [-0.4, -0.2) is 0 Å². The first kappa shape index (κ1) is 5.19. The van der Waals surface area contributed by atoms with Crippen molar-refractivity contribution >= 4 is 11.8 Å². The summed E-state index contributed by atoms with van der Waals surface area (Å²) in [5.41, 5.74) is 7.88. The predicted octanol–water partition coefficient (Wildman–Crippen LogP) is 1.19. The van der Waals surface area contributed by atoms with Crippen LogP contribution in [-0.2, 0) is 0 Å². The van der Waals surface area contributed by atoms with E-state index in [1.54, 1.807) is 0 Å². The standard InChI is InChI=1S/C8H6N2/c1-2-4-8-7(3-1)5-6-9-10-8/h1,3,5-6,9-10H. The lowest BCUT2D eigenvalue weighted by atomic mass is 10.2. The van der Waals surface area contributed by atoms with Crippen LogP contribution in [0.2, 0.25) is 0 Å². The molecule has 0 unspecified atom stereocenters. The van der Waals surface area contributed by atoms with E-state index in [0.717, 1.165) is 11.3 Å². The third-order valence-corrected chi connectivity index (χ3v) is 1.38. The van der Waals surface area contributed by atoms with Crippen LogP contribution in [0.4, 0.5) is 5.69 Å². The smallest absolute Gasteiger partial charge is 0.112 e. The second-order valence-electron chi connectivity index (χ2n) is 2.04. The van der Waals surface area contributed by atoms with Crippen molar-refractivity contribution in [2.75, 3.05) is 5.43 Å². The van der Waals surface area contributed by atoms with Crippen molar-refractivity contribution < 1.29 is 0 Å². The van der Waals surface area contributed by atoms with Gasteiger partial charge in [-0.1, -0.05) is 6.07 Å². The van der Waals surface area contributed by atoms with Gasteiger partial charge in [-0.15, -0.1) is 0 Å². The zero-order valence-corrected chi connectivity index (χ0v) is 5.31. The number of hydrogen-bond donors (Lipinski definition) is 2. The molecule has 48 valence electrons. The fourth-order valence-electron chi connectivity index (χ4n) is 0.888. The first-order valence-corrected chi connectivity index (χ1v) is 3.07. The number of rotatable bonds is 0. The van der Waals surface area contributed by atoms with Crippen molar-refractivity contribution in [2.24, 2.45) is 0 Å². The van der Waals surface area contributed by atoms with Gasteiger partial charge >= 0.3 is 0 Å². The maximum absolute atomic E-state index is 2.94. The molecule has 1 aromatic carbocycles. The van der Waals surface area contributed by atoms with E-state index < -0.39 is 0 Å². The van der Waals surface area contributed by atoms with E-state index in [-0.39, 0.29) is 0 Å². The van der Waals surface area contributed by atoms with Crippen molar-refractivity contribution in [3.05, 3.63) is 36.0 Å². The Labute approximate surface area is 59.5 Å². The first-order valence-electron chi connectivity index (χ1n) is 3.07. The molecule has 0 amide bonds. The summed E-state index contributed by atoms with van der Waals surface area (Å²) in [5, 5.41) is 0. The summed E-state index contributed by atoms with van der Waals surface area (Å²) in [5.74, 6) is 0. The largest absolute Gasteiger partial charge is 0.308 e. The molecule has 1 aliphatic heterocycles. The summed E-state index contributed by atoms with van der Waals surface area (Å²) in [6.45, 7) is 0. The molecule has 10 heavy (non-hydrogen) atoms. The highest BCUT2D eigenvalue weighted by atomic mass is 15.3. The molecule has 0 spiro atoms. The molecule has 0 saturated heterocycles. The molecule has 2 nitrogen and oxygen atoms in total. The zero-order chi connectivity index (χ0) is 6.81. The highest BCUT2D eigenvalue weighted by Crippen LogP contribution is 2.14. The molecule has 0 aromatic heterocycles. The summed E-state index contributed by atoms with van der Waals surface area (Å²) >= 11 is 0. The molecule has 0 atom stereocenters. The van der Waals surface area contributed by atoms with E-state index in [2.05, 4.69) is 23.0 Å². The molecule has 1 aliphatic rings. The van der Waals surface area contributed by atoms with E-state index in [9.17, 15) is 0 Å². The quantitative estimate of drug-likeness (QED) is 0.551. The molecule has 2 N–H and O–H groups in total. The van der Waals surface area contributed by atoms with Crippen molar-refractivity contribution in [2.45, 2.75) is 0 Å². The van der Waals surface area contributed by atoms with Crippen LogP contribution in [0.1, 0.15) is 5.56 Å². The van der Waals surface area contributed by atoms with Gasteiger partial charge < -0.3 is 5.43 Å². The van der Waals surface area contributed by atoms with Gasteiger partial charge in [-0.2, -0.15) is 0 Å². The fraction of sp³-hybridized carbons (Fsp3) is 0. The van der Waals surface area contributed by atoms with E-state index in [0.29, 0.717) is 0 Å². The number of nitrogens with one attached hydrogen (secondary N) is 2. The highest BCUT2D eigenvalue weighted by molar-refractivity contribution is 5.66. The highest BCUT2D eigenvalue weighted by Gasteiger charge is 1.98. The normalized spacial score (nSPS) is 12.4. The number of hydrogen-bond acceptors (Lipinski definition) is 2. The van der Waals surface area contributed by atoms with Crippen molar-refractivity contribution in [1.29, 1.82) is 0 Å². The van der Waals surface area contributed by atoms with Crippen molar-refractivity contribution in [1.82, 2.24) is 5.43 Å². The average molecular weight is 130 g/mol. The lowest BCUT2D eigenvalue weighted by molar-refractivity contribution is 1.05. The van der Waals surface area contributed by atoms with Gasteiger partial charge in [0.25, 0.3) is 0 Å². The summed E-state index contributed by atoms with van der Waals surface area (Å²) < 4.78 is 0. The third kappa shape index (κ3) is 0.688. The molecule has 0 bridgehead atoms. The molecular weight excluding hydrogens is 124 g/mol. The second-order valence-corrected chi connectivity index (χ2v) is 2.04. The first-order chi connectivity index (χ1) is 4.97. The maximum Gasteiger partial charge on any atom is 0.112 e. The number of hydrazine groups is 1. The summed E-state index contributed by atoms with van der Waals surface area (Å²) in [6, 6.07) is 9.62. The van der Waals surface area contributed by atoms with E-state index in [1.807, 2.05) is 24.4 Å². The summed E-state index contributed by atoms with van der Waals surface area (Å²) in [6.07, 6.45) is 3.83. The Morgan fingerprint density at radius 1 is 1.40 bits per heavy atom. The Kier molecular flexibility index (Phi) is 1.02. The van der Waals surface area contributed by atoms with Crippen molar-refractivity contribution in [3.8, 4) is 0 Å². The van der Waals surface area contributed by atoms with E-state index in [4.69, 9.17) is 0 Å². The van der Waals surface area contributed by atoms with Crippen LogP contribution in [0, 0.1) is 12.1 Å².